The van der Waals surface area contributed by atoms with E-state index in [1.807, 2.05) is 4.90 Å². The molecule has 2 aliphatic rings. The number of hydrogen-bond donors (Lipinski definition) is 2. The van der Waals surface area contributed by atoms with E-state index in [4.69, 9.17) is 0 Å². The first-order valence-electron chi connectivity index (χ1n) is 10.7. The Kier molecular flexibility index (Phi) is 5.69. The van der Waals surface area contributed by atoms with E-state index in [0.29, 0.717) is 22.5 Å². The Morgan fingerprint density at radius 2 is 1.62 bits per heavy atom. The third kappa shape index (κ3) is 4.21. The molecule has 166 valence electrons. The number of imide groups is 1. The van der Waals surface area contributed by atoms with E-state index >= 15 is 0 Å². The maximum atomic E-state index is 12.8. The van der Waals surface area contributed by atoms with Crippen LogP contribution >= 0.6 is 0 Å². The molecule has 0 aromatic heterocycles. The standard InChI is InChI=1S/C24H26N4O4/c1-24(2)22(31)28(23(32)26-24)19-11-7-10-18(15-19)25-20(29)16-8-6-9-17(14-16)21(30)27-12-4-3-5-13-27/h6-11,14-15H,3-5,12-13H2,1-2H3,(H,25,29)(H,26,32). The predicted octanol–water partition coefficient (Wildman–Crippen LogP) is 3.40. The van der Waals surface area contributed by atoms with Gasteiger partial charge in [0.2, 0.25) is 0 Å². The molecule has 0 bridgehead atoms. The molecule has 2 aliphatic heterocycles. The molecule has 0 saturated carbocycles. The summed E-state index contributed by atoms with van der Waals surface area (Å²) in [7, 11) is 0. The molecule has 2 aromatic rings. The number of nitrogens with zero attached hydrogens (tertiary/aromatic N) is 2. The third-order valence-electron chi connectivity index (χ3n) is 5.74. The number of hydrogen-bond acceptors (Lipinski definition) is 4. The lowest BCUT2D eigenvalue weighted by molar-refractivity contribution is -0.121. The van der Waals surface area contributed by atoms with Crippen molar-refractivity contribution in [2.45, 2.75) is 38.6 Å². The van der Waals surface area contributed by atoms with Crippen LogP contribution in [-0.4, -0.2) is 47.3 Å². The van der Waals surface area contributed by atoms with Crippen molar-refractivity contribution in [2.24, 2.45) is 0 Å². The van der Waals surface area contributed by atoms with Crippen molar-refractivity contribution in [1.82, 2.24) is 10.2 Å². The predicted molar refractivity (Wildman–Crippen MR) is 121 cm³/mol. The van der Waals surface area contributed by atoms with Crippen LogP contribution < -0.4 is 15.5 Å². The van der Waals surface area contributed by atoms with Gasteiger partial charge in [-0.15, -0.1) is 0 Å². The Morgan fingerprint density at radius 1 is 0.938 bits per heavy atom. The molecular formula is C24H26N4O4. The van der Waals surface area contributed by atoms with E-state index in [-0.39, 0.29) is 17.7 Å². The molecule has 0 atom stereocenters. The van der Waals surface area contributed by atoms with Gasteiger partial charge in [0.1, 0.15) is 5.54 Å². The fourth-order valence-electron chi connectivity index (χ4n) is 3.98. The first kappa shape index (κ1) is 21.5. The minimum Gasteiger partial charge on any atom is -0.339 e. The van der Waals surface area contributed by atoms with Crippen LogP contribution in [0.3, 0.4) is 0 Å². The van der Waals surface area contributed by atoms with Crippen LogP contribution in [0.2, 0.25) is 0 Å². The zero-order valence-corrected chi connectivity index (χ0v) is 18.2. The molecule has 32 heavy (non-hydrogen) atoms. The fraction of sp³-hybridized carbons (Fsp3) is 0.333. The summed E-state index contributed by atoms with van der Waals surface area (Å²) in [6.07, 6.45) is 3.13. The molecule has 8 nitrogen and oxygen atoms in total. The van der Waals surface area contributed by atoms with Gasteiger partial charge >= 0.3 is 6.03 Å². The van der Waals surface area contributed by atoms with Gasteiger partial charge in [0.05, 0.1) is 5.69 Å². The molecule has 2 aromatic carbocycles. The normalized spacial score (nSPS) is 17.8. The lowest BCUT2D eigenvalue weighted by Gasteiger charge is -2.26. The number of piperidine rings is 1. The van der Waals surface area contributed by atoms with Crippen LogP contribution in [0.5, 0.6) is 0 Å². The summed E-state index contributed by atoms with van der Waals surface area (Å²) >= 11 is 0. The van der Waals surface area contributed by atoms with Crippen molar-refractivity contribution in [3.8, 4) is 0 Å². The molecule has 0 spiro atoms. The lowest BCUT2D eigenvalue weighted by atomic mass is 10.1. The number of likely N-dealkylation sites (tertiary alicyclic amines) is 1. The van der Waals surface area contributed by atoms with Gasteiger partial charge in [-0.05, 0) is 69.5 Å². The molecule has 0 radical (unpaired) electrons. The fourth-order valence-corrected chi connectivity index (χ4v) is 3.98. The zero-order valence-electron chi connectivity index (χ0n) is 18.2. The first-order chi connectivity index (χ1) is 15.3. The summed E-state index contributed by atoms with van der Waals surface area (Å²) < 4.78 is 0. The minimum absolute atomic E-state index is 0.0671. The number of anilines is 2. The van der Waals surface area contributed by atoms with Gasteiger partial charge in [-0.1, -0.05) is 12.1 Å². The number of benzene rings is 2. The second-order valence-corrected chi connectivity index (χ2v) is 8.63. The molecule has 2 saturated heterocycles. The Bertz CT molecular complexity index is 1090. The summed E-state index contributed by atoms with van der Waals surface area (Å²) in [5, 5.41) is 5.42. The average molecular weight is 434 g/mol. The molecule has 5 amide bonds. The van der Waals surface area contributed by atoms with Crippen molar-refractivity contribution >= 4 is 35.1 Å². The van der Waals surface area contributed by atoms with Crippen LogP contribution in [0.15, 0.2) is 48.5 Å². The second kappa shape index (κ2) is 8.45. The van der Waals surface area contributed by atoms with E-state index < -0.39 is 11.6 Å². The highest BCUT2D eigenvalue weighted by Crippen LogP contribution is 2.27. The first-order valence-corrected chi connectivity index (χ1v) is 10.7. The van der Waals surface area contributed by atoms with E-state index in [0.717, 1.165) is 37.3 Å². The highest BCUT2D eigenvalue weighted by Gasteiger charge is 2.45. The van der Waals surface area contributed by atoms with Crippen molar-refractivity contribution in [3.05, 3.63) is 59.7 Å². The number of carbonyl (C=O) groups is 4. The maximum absolute atomic E-state index is 12.8. The Hall–Kier alpha value is -3.68. The highest BCUT2D eigenvalue weighted by molar-refractivity contribution is 6.23. The Balaban J connectivity index is 1.50. The summed E-state index contributed by atoms with van der Waals surface area (Å²) in [6.45, 7) is 4.75. The highest BCUT2D eigenvalue weighted by atomic mass is 16.2. The van der Waals surface area contributed by atoms with Gasteiger partial charge in [-0.3, -0.25) is 14.4 Å². The van der Waals surface area contributed by atoms with Crippen molar-refractivity contribution in [1.29, 1.82) is 0 Å². The topological polar surface area (TPSA) is 98.8 Å². The molecular weight excluding hydrogens is 408 g/mol. The second-order valence-electron chi connectivity index (χ2n) is 8.63. The van der Waals surface area contributed by atoms with E-state index in [1.54, 1.807) is 62.4 Å². The SMILES string of the molecule is CC1(C)NC(=O)N(c2cccc(NC(=O)c3cccc(C(=O)N4CCCCC4)c3)c2)C1=O. The van der Waals surface area contributed by atoms with Gasteiger partial charge in [-0.25, -0.2) is 9.69 Å². The Labute approximate surface area is 186 Å². The van der Waals surface area contributed by atoms with Gasteiger partial charge in [0.25, 0.3) is 17.7 Å². The quantitative estimate of drug-likeness (QED) is 0.721. The molecule has 2 fully saturated rings. The van der Waals surface area contributed by atoms with Crippen LogP contribution in [0.4, 0.5) is 16.2 Å². The van der Waals surface area contributed by atoms with E-state index in [1.165, 1.54) is 0 Å². The van der Waals surface area contributed by atoms with Gasteiger partial charge in [0.15, 0.2) is 0 Å². The molecule has 4 rings (SSSR count). The van der Waals surface area contributed by atoms with Gasteiger partial charge in [0, 0.05) is 29.9 Å². The van der Waals surface area contributed by atoms with Crippen molar-refractivity contribution in [2.75, 3.05) is 23.3 Å². The van der Waals surface area contributed by atoms with Crippen molar-refractivity contribution < 1.29 is 19.2 Å². The number of amides is 5. The van der Waals surface area contributed by atoms with Crippen LogP contribution in [0.1, 0.15) is 53.8 Å². The average Bonchev–Trinajstić information content (AvgIpc) is 3.00. The monoisotopic (exact) mass is 434 g/mol. The van der Waals surface area contributed by atoms with Crippen molar-refractivity contribution in [3.63, 3.8) is 0 Å². The van der Waals surface area contributed by atoms with Gasteiger partial charge < -0.3 is 15.5 Å². The third-order valence-corrected chi connectivity index (χ3v) is 5.74. The number of urea groups is 1. The summed E-state index contributed by atoms with van der Waals surface area (Å²) in [5.74, 6) is -0.814. The number of carbonyl (C=O) groups excluding carboxylic acids is 4. The minimum atomic E-state index is -0.988. The summed E-state index contributed by atoms with van der Waals surface area (Å²) in [5.41, 5.74) is 0.650. The molecule has 0 unspecified atom stereocenters. The molecule has 2 heterocycles. The number of nitrogens with one attached hydrogen (secondary N) is 2. The van der Waals surface area contributed by atoms with Gasteiger partial charge in [-0.2, -0.15) is 0 Å². The summed E-state index contributed by atoms with van der Waals surface area (Å²) in [6, 6.07) is 12.7. The smallest absolute Gasteiger partial charge is 0.329 e. The van der Waals surface area contributed by atoms with E-state index in [9.17, 15) is 19.2 Å². The van der Waals surface area contributed by atoms with Crippen LogP contribution in [0, 0.1) is 0 Å². The van der Waals surface area contributed by atoms with Crippen LogP contribution in [0.25, 0.3) is 0 Å². The maximum Gasteiger partial charge on any atom is 0.329 e. The zero-order chi connectivity index (χ0) is 22.9. The van der Waals surface area contributed by atoms with E-state index in [2.05, 4.69) is 10.6 Å². The summed E-state index contributed by atoms with van der Waals surface area (Å²) in [4.78, 5) is 53.3. The molecule has 2 N–H and O–H groups in total. The lowest BCUT2D eigenvalue weighted by Crippen LogP contribution is -2.40. The molecule has 0 aliphatic carbocycles. The Morgan fingerprint density at radius 3 is 2.31 bits per heavy atom. The molecule has 8 heteroatoms. The number of rotatable bonds is 4. The van der Waals surface area contributed by atoms with Crippen LogP contribution in [-0.2, 0) is 4.79 Å². The largest absolute Gasteiger partial charge is 0.339 e.